The van der Waals surface area contributed by atoms with Crippen LogP contribution in [0.4, 0.5) is 0 Å². The summed E-state index contributed by atoms with van der Waals surface area (Å²) < 4.78 is 46.4. The Kier molecular flexibility index (Phi) is 13.5. The van der Waals surface area contributed by atoms with Gasteiger partial charge in [0, 0.05) is 59.8 Å². The lowest BCUT2D eigenvalue weighted by Crippen LogP contribution is -2.73. The number of carbonyl (C=O) groups excluding carboxylic acids is 9. The number of ketones is 1. The first-order valence-electron chi connectivity index (χ1n) is 18.2. The van der Waals surface area contributed by atoms with E-state index in [-0.39, 0.29) is 0 Å². The van der Waals surface area contributed by atoms with Gasteiger partial charge in [-0.25, -0.2) is 0 Å². The van der Waals surface area contributed by atoms with Crippen molar-refractivity contribution in [2.24, 2.45) is 17.3 Å². The lowest BCUT2D eigenvalue weighted by Gasteiger charge is -2.53. The van der Waals surface area contributed by atoms with Crippen LogP contribution in [0.25, 0.3) is 0 Å². The number of rotatable bonds is 8. The first kappa shape index (κ1) is 46.5. The maximum Gasteiger partial charge on any atom is 0.308 e. The Morgan fingerprint density at radius 2 is 1.19 bits per heavy atom. The average Bonchev–Trinajstić information content (AvgIpc) is 3.21. The van der Waals surface area contributed by atoms with Crippen molar-refractivity contribution >= 4 is 53.5 Å². The fourth-order valence-electron chi connectivity index (χ4n) is 7.98. The maximum absolute atomic E-state index is 15.1. The molecule has 3 rings (SSSR count). The molecule has 0 aromatic carbocycles. The first-order chi connectivity index (χ1) is 26.0. The third-order valence-electron chi connectivity index (χ3n) is 10.2. The fourth-order valence-corrected chi connectivity index (χ4v) is 7.98. The molecule has 1 heterocycles. The molecule has 0 unspecified atom stereocenters. The molecule has 2 aliphatic carbocycles. The van der Waals surface area contributed by atoms with E-state index in [1.54, 1.807) is 0 Å². The van der Waals surface area contributed by atoms with Crippen LogP contribution in [0.5, 0.6) is 0 Å². The second kappa shape index (κ2) is 16.5. The Bertz CT molecular complexity index is 1710. The zero-order valence-electron chi connectivity index (χ0n) is 34.0. The Morgan fingerprint density at radius 1 is 0.684 bits per heavy atom. The third kappa shape index (κ3) is 9.14. The van der Waals surface area contributed by atoms with Gasteiger partial charge in [0.1, 0.15) is 5.60 Å². The smallest absolute Gasteiger partial charge is 0.308 e. The highest BCUT2D eigenvalue weighted by Crippen LogP contribution is 2.57. The minimum absolute atomic E-state index is 0.641. The summed E-state index contributed by atoms with van der Waals surface area (Å²) in [4.78, 5) is 120. The van der Waals surface area contributed by atoms with Crippen molar-refractivity contribution in [1.82, 2.24) is 0 Å². The van der Waals surface area contributed by atoms with Crippen molar-refractivity contribution in [3.05, 3.63) is 12.2 Å². The van der Waals surface area contributed by atoms with E-state index in [0.29, 0.717) is 0 Å². The summed E-state index contributed by atoms with van der Waals surface area (Å²) in [6.45, 7) is 13.2. The molecule has 57 heavy (non-hydrogen) atoms. The largest absolute Gasteiger partial charge is 0.458 e. The van der Waals surface area contributed by atoms with E-state index in [0.717, 1.165) is 67.5 Å². The van der Waals surface area contributed by atoms with Gasteiger partial charge in [0.25, 0.3) is 0 Å². The van der Waals surface area contributed by atoms with Gasteiger partial charge < -0.3 is 48.1 Å². The topological polar surface area (TPSA) is 268 Å². The van der Waals surface area contributed by atoms with Crippen molar-refractivity contribution in [3.8, 4) is 0 Å². The highest BCUT2D eigenvalue weighted by Gasteiger charge is 2.81. The molecule has 2 fully saturated rings. The molecule has 318 valence electrons. The summed E-state index contributed by atoms with van der Waals surface area (Å²) in [7, 11) is 0. The van der Waals surface area contributed by atoms with Crippen LogP contribution in [0.2, 0.25) is 0 Å². The molecule has 19 nitrogen and oxygen atoms in total. The van der Waals surface area contributed by atoms with Crippen LogP contribution < -0.4 is 0 Å². The predicted molar refractivity (Wildman–Crippen MR) is 188 cm³/mol. The van der Waals surface area contributed by atoms with Gasteiger partial charge in [0.2, 0.25) is 5.78 Å². The second-order valence-corrected chi connectivity index (χ2v) is 15.9. The van der Waals surface area contributed by atoms with Gasteiger partial charge in [-0.1, -0.05) is 33.8 Å². The Balaban J connectivity index is 2.81. The van der Waals surface area contributed by atoms with Gasteiger partial charge in [0.15, 0.2) is 53.4 Å². The molecule has 11 atom stereocenters. The predicted octanol–water partition coefficient (Wildman–Crippen LogP) is 0.887. The molecule has 1 aliphatic heterocycles. The minimum Gasteiger partial charge on any atom is -0.458 e. The second-order valence-electron chi connectivity index (χ2n) is 15.9. The molecule has 1 saturated carbocycles. The van der Waals surface area contributed by atoms with Crippen LogP contribution in [-0.4, -0.2) is 123 Å². The van der Waals surface area contributed by atoms with E-state index in [1.165, 1.54) is 27.7 Å². The summed E-state index contributed by atoms with van der Waals surface area (Å²) >= 11 is 0. The molecule has 0 amide bonds. The van der Waals surface area contributed by atoms with Crippen LogP contribution >= 0.6 is 0 Å². The SMILES string of the molecule is CC(=O)O[C@@H]1[C@H](OC(C)=O)C(C)(C)/C=C/[C@](C)(O)C(=O)[C@@]2(O)[C@@H]([C@H](OC(C)=O)[C@@](C)(OC(C)=O)[C@@H]2OC(C)=O)[C@@H]2OC(=O)CC[C@]2(OC(C)=O)[C@H]1OC(=O)C(C)C. The molecule has 1 saturated heterocycles. The number of esters is 8. The lowest BCUT2D eigenvalue weighted by atomic mass is 9.65. The number of carbonyl (C=O) groups is 9. The van der Waals surface area contributed by atoms with Gasteiger partial charge in [0.05, 0.1) is 11.8 Å². The summed E-state index contributed by atoms with van der Waals surface area (Å²) in [6.07, 6.45) is -12.2. The molecule has 0 aromatic heterocycles. The maximum atomic E-state index is 15.1. The molecule has 2 N–H and O–H groups in total. The number of ether oxygens (including phenoxy) is 8. The highest BCUT2D eigenvalue weighted by molar-refractivity contribution is 5.98. The van der Waals surface area contributed by atoms with E-state index in [4.69, 9.17) is 37.9 Å². The summed E-state index contributed by atoms with van der Waals surface area (Å²) in [5.74, 6) is -13.7. The Morgan fingerprint density at radius 3 is 1.67 bits per heavy atom. The first-order valence-corrected chi connectivity index (χ1v) is 18.2. The van der Waals surface area contributed by atoms with Gasteiger partial charge in [-0.3, -0.25) is 43.2 Å². The number of fused-ring (bicyclic) bond motifs is 3. The van der Waals surface area contributed by atoms with Crippen LogP contribution in [-0.2, 0) is 81.0 Å². The van der Waals surface area contributed by atoms with Crippen molar-refractivity contribution in [3.63, 3.8) is 0 Å². The zero-order valence-corrected chi connectivity index (χ0v) is 34.0. The molecule has 0 aromatic rings. The summed E-state index contributed by atoms with van der Waals surface area (Å²) in [6, 6.07) is 0. The monoisotopic (exact) mass is 812 g/mol. The van der Waals surface area contributed by atoms with E-state index in [1.807, 2.05) is 0 Å². The molecular formula is C38H52O19. The third-order valence-corrected chi connectivity index (χ3v) is 10.2. The van der Waals surface area contributed by atoms with E-state index in [2.05, 4.69) is 0 Å². The fraction of sp³-hybridized carbons (Fsp3) is 0.711. The van der Waals surface area contributed by atoms with E-state index < -0.39 is 143 Å². The Labute approximate surface area is 328 Å². The lowest BCUT2D eigenvalue weighted by molar-refractivity contribution is -0.273. The summed E-state index contributed by atoms with van der Waals surface area (Å²) in [5, 5.41) is 25.2. The van der Waals surface area contributed by atoms with E-state index >= 15 is 4.79 Å². The van der Waals surface area contributed by atoms with Gasteiger partial charge in [-0.15, -0.1) is 0 Å². The zero-order chi connectivity index (χ0) is 43.8. The number of hydrogen-bond donors (Lipinski definition) is 2. The average molecular weight is 813 g/mol. The number of aliphatic hydroxyl groups is 2. The van der Waals surface area contributed by atoms with Crippen LogP contribution in [0.1, 0.15) is 95.9 Å². The number of hydrogen-bond acceptors (Lipinski definition) is 19. The number of Topliss-reactive ketones (excluding diaryl/α,β-unsaturated/α-hetero) is 1. The van der Waals surface area contributed by atoms with Crippen molar-refractivity contribution in [2.75, 3.05) is 0 Å². The standard InChI is InChI=1S/C38H52O19/c1-17(2)31(46)55-30-26(50-18(3)39)29(52-20(5)41)34(9,10)15-16-35(11,48)32(47)38(49)25(28-37(30,57-23(8)44)14-13-24(45)54-28)27(51-19(4)40)36(12,56-22(7)43)33(38)53-21(6)42/h15-17,25-30,33,48-49H,13-14H2,1-12H3/b16-15+/t25-,26+,27-,28-,29-,30-,33-,35-,36+,37+,38-/m0/s1. The normalized spacial score (nSPS) is 36.6. The Hall–Kier alpha value is -4.91. The molecule has 0 bridgehead atoms. The van der Waals surface area contributed by atoms with Crippen LogP contribution in [0.3, 0.4) is 0 Å². The molecule has 19 heteroatoms. The van der Waals surface area contributed by atoms with E-state index in [9.17, 15) is 48.6 Å². The molecule has 0 radical (unpaired) electrons. The van der Waals surface area contributed by atoms with Gasteiger partial charge >= 0.3 is 47.8 Å². The molecular weight excluding hydrogens is 760 g/mol. The van der Waals surface area contributed by atoms with Crippen molar-refractivity contribution < 1.29 is 91.3 Å². The summed E-state index contributed by atoms with van der Waals surface area (Å²) in [5.41, 5.74) is -13.2. The van der Waals surface area contributed by atoms with Crippen LogP contribution in [0, 0.1) is 17.3 Å². The van der Waals surface area contributed by atoms with Crippen molar-refractivity contribution in [1.29, 1.82) is 0 Å². The van der Waals surface area contributed by atoms with Crippen molar-refractivity contribution in [2.45, 2.75) is 155 Å². The van der Waals surface area contributed by atoms with Crippen LogP contribution in [0.15, 0.2) is 12.2 Å². The van der Waals surface area contributed by atoms with Gasteiger partial charge in [-0.2, -0.15) is 0 Å². The quantitative estimate of drug-likeness (QED) is 0.196. The van der Waals surface area contributed by atoms with Gasteiger partial charge in [-0.05, 0) is 19.9 Å². The minimum atomic E-state index is -3.44. The highest BCUT2D eigenvalue weighted by atomic mass is 16.7. The molecule has 0 spiro atoms. The molecule has 3 aliphatic rings.